The standard InChI is InChI=1S/C22H28N3O/c1-15-13-25(15,20-11-18-5-6-19(12-20)24(18)3)14-21(23-2)16-4-7-22-17(10-16)8-9-26-22/h4,7-10,14-15,18-20H,2,5-6,11-13H2,1,3H3/q+1. The fourth-order valence-electron chi connectivity index (χ4n) is 5.54. The summed E-state index contributed by atoms with van der Waals surface area (Å²) < 4.78 is 6.57. The summed E-state index contributed by atoms with van der Waals surface area (Å²) in [6, 6.07) is 11.3. The molecule has 3 fully saturated rings. The number of benzene rings is 1. The van der Waals surface area contributed by atoms with Crippen molar-refractivity contribution in [3.63, 3.8) is 0 Å². The lowest BCUT2D eigenvalue weighted by atomic mass is 9.96. The second-order valence-corrected chi connectivity index (χ2v) is 8.55. The Morgan fingerprint density at radius 1 is 1.27 bits per heavy atom. The number of furan rings is 1. The fraction of sp³-hybridized carbons (Fsp3) is 0.500. The summed E-state index contributed by atoms with van der Waals surface area (Å²) in [5.41, 5.74) is 3.08. The summed E-state index contributed by atoms with van der Waals surface area (Å²) in [4.78, 5) is 7.06. The van der Waals surface area contributed by atoms with Gasteiger partial charge < -0.3 is 4.42 Å². The van der Waals surface area contributed by atoms with Gasteiger partial charge in [0.2, 0.25) is 0 Å². The second kappa shape index (κ2) is 5.80. The van der Waals surface area contributed by atoms with Crippen molar-refractivity contribution in [3.05, 3.63) is 42.3 Å². The summed E-state index contributed by atoms with van der Waals surface area (Å²) >= 11 is 0. The first-order valence-corrected chi connectivity index (χ1v) is 9.87. The minimum atomic E-state index is 0.692. The largest absolute Gasteiger partial charge is 0.464 e. The number of piperidine rings is 1. The first kappa shape index (κ1) is 16.3. The van der Waals surface area contributed by atoms with E-state index in [9.17, 15) is 0 Å². The van der Waals surface area contributed by atoms with Crippen molar-refractivity contribution >= 4 is 23.4 Å². The molecular weight excluding hydrogens is 322 g/mol. The first-order chi connectivity index (χ1) is 12.6. The smallest absolute Gasteiger partial charge is 0.141 e. The maximum Gasteiger partial charge on any atom is 0.141 e. The molecule has 2 bridgehead atoms. The van der Waals surface area contributed by atoms with Crippen LogP contribution in [0.3, 0.4) is 0 Å². The van der Waals surface area contributed by atoms with Crippen LogP contribution in [-0.2, 0) is 0 Å². The Bertz CT molecular complexity index is 870. The van der Waals surface area contributed by atoms with Gasteiger partial charge in [-0.05, 0) is 57.8 Å². The highest BCUT2D eigenvalue weighted by Gasteiger charge is 2.59. The number of hydrogen-bond donors (Lipinski definition) is 0. The van der Waals surface area contributed by atoms with Crippen molar-refractivity contribution in [3.8, 4) is 0 Å². The van der Waals surface area contributed by atoms with E-state index in [0.29, 0.717) is 6.04 Å². The second-order valence-electron chi connectivity index (χ2n) is 8.55. The van der Waals surface area contributed by atoms with Crippen LogP contribution in [-0.4, -0.2) is 53.9 Å². The van der Waals surface area contributed by atoms with E-state index in [2.05, 4.69) is 48.9 Å². The molecule has 0 spiro atoms. The zero-order chi connectivity index (χ0) is 17.9. The van der Waals surface area contributed by atoms with E-state index < -0.39 is 0 Å². The molecule has 4 atom stereocenters. The Morgan fingerprint density at radius 2 is 2.00 bits per heavy atom. The van der Waals surface area contributed by atoms with Crippen LogP contribution in [0.25, 0.3) is 16.7 Å². The third-order valence-corrected chi connectivity index (χ3v) is 7.30. The van der Waals surface area contributed by atoms with Crippen LogP contribution in [0.15, 0.2) is 46.1 Å². The summed E-state index contributed by atoms with van der Waals surface area (Å²) in [7, 11) is 2.32. The van der Waals surface area contributed by atoms with Crippen LogP contribution in [0.5, 0.6) is 0 Å². The Morgan fingerprint density at radius 3 is 2.65 bits per heavy atom. The molecule has 3 saturated heterocycles. The van der Waals surface area contributed by atoms with Gasteiger partial charge >= 0.3 is 0 Å². The molecule has 1 aromatic carbocycles. The third-order valence-electron chi connectivity index (χ3n) is 7.30. The molecule has 4 heterocycles. The average Bonchev–Trinajstić information content (AvgIpc) is 2.96. The van der Waals surface area contributed by atoms with Crippen molar-refractivity contribution in [1.82, 2.24) is 4.90 Å². The van der Waals surface area contributed by atoms with Gasteiger partial charge in [0.25, 0.3) is 0 Å². The van der Waals surface area contributed by atoms with E-state index in [1.54, 1.807) is 6.26 Å². The van der Waals surface area contributed by atoms with Gasteiger partial charge in [-0.25, -0.2) is 0 Å². The van der Waals surface area contributed by atoms with Gasteiger partial charge in [-0.3, -0.25) is 14.4 Å². The first-order valence-electron chi connectivity index (χ1n) is 9.87. The molecular formula is C22H28N3O+. The molecule has 0 N–H and O–H groups in total. The van der Waals surface area contributed by atoms with Crippen molar-refractivity contribution < 1.29 is 8.90 Å². The topological polar surface area (TPSA) is 28.7 Å². The SMILES string of the molecule is C=NC(=C[N+]1(C2CC3CCC(C2)N3C)CC1C)c1ccc2occc2c1. The molecule has 4 heteroatoms. The van der Waals surface area contributed by atoms with E-state index >= 15 is 0 Å². The summed E-state index contributed by atoms with van der Waals surface area (Å²) in [6.45, 7) is 7.50. The Labute approximate surface area is 155 Å². The minimum absolute atomic E-state index is 0.692. The van der Waals surface area contributed by atoms with Crippen molar-refractivity contribution in [2.45, 2.75) is 56.8 Å². The molecule has 136 valence electrons. The molecule has 0 aliphatic carbocycles. The lowest BCUT2D eigenvalue weighted by Crippen LogP contribution is -2.49. The number of rotatable bonds is 4. The molecule has 3 aliphatic heterocycles. The number of hydrogen-bond acceptors (Lipinski definition) is 3. The van der Waals surface area contributed by atoms with E-state index in [1.807, 2.05) is 12.1 Å². The molecule has 5 rings (SSSR count). The van der Waals surface area contributed by atoms with Crippen molar-refractivity contribution in [2.24, 2.45) is 4.99 Å². The van der Waals surface area contributed by atoms with Crippen molar-refractivity contribution in [2.75, 3.05) is 13.6 Å². The molecule has 3 aliphatic rings. The van der Waals surface area contributed by atoms with Crippen LogP contribution in [0.4, 0.5) is 0 Å². The van der Waals surface area contributed by atoms with Crippen LogP contribution >= 0.6 is 0 Å². The van der Waals surface area contributed by atoms with E-state index in [4.69, 9.17) is 4.42 Å². The van der Waals surface area contributed by atoms with Crippen LogP contribution < -0.4 is 0 Å². The highest BCUT2D eigenvalue weighted by atomic mass is 16.3. The Kier molecular flexibility index (Phi) is 3.63. The van der Waals surface area contributed by atoms with E-state index in [1.165, 1.54) is 32.2 Å². The molecule has 2 aromatic rings. The maximum absolute atomic E-state index is 5.48. The number of aliphatic imine (C=N–C) groups is 1. The predicted molar refractivity (Wildman–Crippen MR) is 106 cm³/mol. The lowest BCUT2D eigenvalue weighted by Gasteiger charge is -2.39. The maximum atomic E-state index is 5.48. The lowest BCUT2D eigenvalue weighted by molar-refractivity contribution is -0.789. The molecule has 0 amide bonds. The zero-order valence-corrected chi connectivity index (χ0v) is 15.8. The van der Waals surface area contributed by atoms with Gasteiger partial charge in [0.1, 0.15) is 30.1 Å². The number of quaternary nitrogens is 1. The molecule has 4 nitrogen and oxygen atoms in total. The van der Waals surface area contributed by atoms with Gasteiger partial charge in [-0.2, -0.15) is 0 Å². The Balaban J connectivity index is 1.49. The third kappa shape index (κ3) is 2.39. The fourth-order valence-corrected chi connectivity index (χ4v) is 5.54. The predicted octanol–water partition coefficient (Wildman–Crippen LogP) is 4.28. The Hall–Kier alpha value is -1.91. The average molecular weight is 350 g/mol. The van der Waals surface area contributed by atoms with Gasteiger partial charge in [0, 0.05) is 35.9 Å². The monoisotopic (exact) mass is 350 g/mol. The van der Waals surface area contributed by atoms with Crippen LogP contribution in [0, 0.1) is 0 Å². The highest BCUT2D eigenvalue weighted by molar-refractivity contribution is 5.82. The molecule has 4 unspecified atom stereocenters. The molecule has 0 radical (unpaired) electrons. The summed E-state index contributed by atoms with van der Waals surface area (Å²) in [5, 5.41) is 1.12. The number of fused-ring (bicyclic) bond motifs is 3. The summed E-state index contributed by atoms with van der Waals surface area (Å²) in [5.74, 6) is 0. The molecule has 26 heavy (non-hydrogen) atoms. The zero-order valence-electron chi connectivity index (χ0n) is 15.8. The van der Waals surface area contributed by atoms with Crippen LogP contribution in [0.2, 0.25) is 0 Å². The minimum Gasteiger partial charge on any atom is -0.464 e. The normalized spacial score (nSPS) is 37.2. The number of nitrogens with zero attached hydrogens (tertiary/aromatic N) is 3. The van der Waals surface area contributed by atoms with Gasteiger partial charge in [0.05, 0.1) is 12.3 Å². The summed E-state index contributed by atoms with van der Waals surface area (Å²) in [6.07, 6.45) is 9.54. The van der Waals surface area contributed by atoms with Gasteiger partial charge in [-0.15, -0.1) is 0 Å². The van der Waals surface area contributed by atoms with E-state index in [-0.39, 0.29) is 0 Å². The van der Waals surface area contributed by atoms with Crippen molar-refractivity contribution in [1.29, 1.82) is 0 Å². The van der Waals surface area contributed by atoms with Crippen LogP contribution in [0.1, 0.15) is 38.2 Å². The van der Waals surface area contributed by atoms with Gasteiger partial charge in [-0.1, -0.05) is 0 Å². The van der Waals surface area contributed by atoms with Gasteiger partial charge in [0.15, 0.2) is 0 Å². The van der Waals surface area contributed by atoms with E-state index in [0.717, 1.165) is 44.8 Å². The molecule has 0 saturated carbocycles. The highest BCUT2D eigenvalue weighted by Crippen LogP contribution is 2.46. The quantitative estimate of drug-likeness (QED) is 0.468. The molecule has 1 aromatic heterocycles.